The van der Waals surface area contributed by atoms with Gasteiger partial charge in [0.15, 0.2) is 5.69 Å². The third kappa shape index (κ3) is 3.37. The van der Waals surface area contributed by atoms with Crippen molar-refractivity contribution in [3.8, 4) is 0 Å². The first-order chi connectivity index (χ1) is 9.10. The highest BCUT2D eigenvalue weighted by Crippen LogP contribution is 2.22. The van der Waals surface area contributed by atoms with Crippen LogP contribution < -0.4 is 5.32 Å². The van der Waals surface area contributed by atoms with Gasteiger partial charge >= 0.3 is 5.97 Å². The van der Waals surface area contributed by atoms with Crippen LogP contribution >= 0.6 is 22.6 Å². The van der Waals surface area contributed by atoms with Gasteiger partial charge in [-0.1, -0.05) is 0 Å². The molecule has 0 bridgehead atoms. The molecule has 7 heteroatoms. The van der Waals surface area contributed by atoms with E-state index in [1.165, 1.54) is 31.6 Å². The van der Waals surface area contributed by atoms with Gasteiger partial charge in [0.2, 0.25) is 0 Å². The van der Waals surface area contributed by atoms with Crippen molar-refractivity contribution in [2.75, 3.05) is 12.4 Å². The summed E-state index contributed by atoms with van der Waals surface area (Å²) < 4.78 is 18.2. The monoisotopic (exact) mass is 373 g/mol. The van der Waals surface area contributed by atoms with E-state index in [0.717, 1.165) is 3.57 Å². The van der Waals surface area contributed by atoms with Crippen molar-refractivity contribution < 1.29 is 13.9 Å². The summed E-state index contributed by atoms with van der Waals surface area (Å²) >= 11 is 2.01. The van der Waals surface area contributed by atoms with E-state index in [4.69, 9.17) is 0 Å². The Labute approximate surface area is 122 Å². The second kappa shape index (κ2) is 5.91. The smallest absolute Gasteiger partial charge is 0.358 e. The maximum absolute atomic E-state index is 13.0. The second-order valence-electron chi connectivity index (χ2n) is 3.53. The number of benzene rings is 1. The Morgan fingerprint density at radius 2 is 2.16 bits per heavy atom. The standard InChI is InChI=1S/C12H9FIN3O2/c1-19-12(18)10-5-16-11(6-15-10)17-9-3-2-7(13)4-8(9)14/h2-6H,1H3,(H,16,17). The van der Waals surface area contributed by atoms with Gasteiger partial charge in [-0.05, 0) is 40.8 Å². The molecule has 1 aromatic heterocycles. The molecule has 0 atom stereocenters. The van der Waals surface area contributed by atoms with Crippen molar-refractivity contribution in [1.82, 2.24) is 9.97 Å². The first-order valence-electron chi connectivity index (χ1n) is 5.22. The molecule has 0 unspecified atom stereocenters. The van der Waals surface area contributed by atoms with Crippen LogP contribution in [0.15, 0.2) is 30.6 Å². The van der Waals surface area contributed by atoms with E-state index in [-0.39, 0.29) is 11.5 Å². The average molecular weight is 373 g/mol. The summed E-state index contributed by atoms with van der Waals surface area (Å²) in [6, 6.07) is 4.35. The minimum Gasteiger partial charge on any atom is -0.464 e. The quantitative estimate of drug-likeness (QED) is 0.662. The fraction of sp³-hybridized carbons (Fsp3) is 0.0833. The summed E-state index contributed by atoms with van der Waals surface area (Å²) in [7, 11) is 1.27. The Morgan fingerprint density at radius 3 is 2.74 bits per heavy atom. The molecular formula is C12H9FIN3O2. The lowest BCUT2D eigenvalue weighted by atomic mass is 10.3. The number of hydrogen-bond donors (Lipinski definition) is 1. The molecule has 0 fully saturated rings. The maximum Gasteiger partial charge on any atom is 0.358 e. The van der Waals surface area contributed by atoms with Crippen LogP contribution in [0.3, 0.4) is 0 Å². The zero-order chi connectivity index (χ0) is 13.8. The van der Waals surface area contributed by atoms with Crippen molar-refractivity contribution in [3.63, 3.8) is 0 Å². The number of hydrogen-bond acceptors (Lipinski definition) is 5. The number of nitrogens with one attached hydrogen (secondary N) is 1. The molecule has 0 aliphatic rings. The largest absolute Gasteiger partial charge is 0.464 e. The molecule has 2 aromatic rings. The molecule has 0 saturated heterocycles. The second-order valence-corrected chi connectivity index (χ2v) is 4.69. The van der Waals surface area contributed by atoms with Crippen LogP contribution in [-0.4, -0.2) is 23.0 Å². The molecule has 1 N–H and O–H groups in total. The molecule has 0 aliphatic carbocycles. The van der Waals surface area contributed by atoms with Crippen LogP contribution in [0.2, 0.25) is 0 Å². The van der Waals surface area contributed by atoms with Crippen LogP contribution in [-0.2, 0) is 4.74 Å². The lowest BCUT2D eigenvalue weighted by molar-refractivity contribution is 0.0593. The van der Waals surface area contributed by atoms with Gasteiger partial charge in [-0.25, -0.2) is 19.2 Å². The van der Waals surface area contributed by atoms with E-state index < -0.39 is 5.97 Å². The van der Waals surface area contributed by atoms with E-state index in [2.05, 4.69) is 20.0 Å². The molecule has 0 spiro atoms. The summed E-state index contributed by atoms with van der Waals surface area (Å²) in [6.45, 7) is 0. The molecule has 1 heterocycles. The highest BCUT2D eigenvalue weighted by atomic mass is 127. The lowest BCUT2D eigenvalue weighted by Crippen LogP contribution is -2.06. The van der Waals surface area contributed by atoms with Crippen molar-refractivity contribution in [2.45, 2.75) is 0 Å². The number of methoxy groups -OCH3 is 1. The van der Waals surface area contributed by atoms with Crippen molar-refractivity contribution in [1.29, 1.82) is 0 Å². The summed E-state index contributed by atoms with van der Waals surface area (Å²) in [4.78, 5) is 19.1. The number of ether oxygens (including phenoxy) is 1. The van der Waals surface area contributed by atoms with E-state index in [9.17, 15) is 9.18 Å². The SMILES string of the molecule is COC(=O)c1cnc(Nc2ccc(F)cc2I)cn1. The highest BCUT2D eigenvalue weighted by Gasteiger charge is 2.08. The zero-order valence-corrected chi connectivity index (χ0v) is 12.0. The minimum absolute atomic E-state index is 0.127. The molecule has 2 rings (SSSR count). The molecular weight excluding hydrogens is 364 g/mol. The fourth-order valence-electron chi connectivity index (χ4n) is 1.33. The Hall–Kier alpha value is -1.77. The fourth-order valence-corrected chi connectivity index (χ4v) is 1.94. The first kappa shape index (κ1) is 13.7. The number of anilines is 2. The van der Waals surface area contributed by atoms with Crippen LogP contribution in [0.4, 0.5) is 15.9 Å². The van der Waals surface area contributed by atoms with Gasteiger partial charge in [-0.15, -0.1) is 0 Å². The van der Waals surface area contributed by atoms with Gasteiger partial charge in [0, 0.05) is 3.57 Å². The predicted octanol–water partition coefficient (Wildman–Crippen LogP) is 2.75. The van der Waals surface area contributed by atoms with Crippen LogP contribution in [0.1, 0.15) is 10.5 Å². The third-order valence-corrected chi connectivity index (χ3v) is 3.13. The van der Waals surface area contributed by atoms with E-state index >= 15 is 0 Å². The minimum atomic E-state index is -0.546. The van der Waals surface area contributed by atoms with Crippen LogP contribution in [0.25, 0.3) is 0 Å². The van der Waals surface area contributed by atoms with Gasteiger partial charge in [-0.3, -0.25) is 0 Å². The number of carbonyl (C=O) groups is 1. The number of nitrogens with zero attached hydrogens (tertiary/aromatic N) is 2. The maximum atomic E-state index is 13.0. The van der Waals surface area contributed by atoms with E-state index in [0.29, 0.717) is 11.5 Å². The molecule has 0 radical (unpaired) electrons. The number of carbonyl (C=O) groups excluding carboxylic acids is 1. The molecule has 98 valence electrons. The first-order valence-corrected chi connectivity index (χ1v) is 6.30. The van der Waals surface area contributed by atoms with E-state index in [1.807, 2.05) is 22.6 Å². The van der Waals surface area contributed by atoms with Gasteiger partial charge in [-0.2, -0.15) is 0 Å². The Kier molecular flexibility index (Phi) is 4.25. The number of esters is 1. The molecule has 0 saturated carbocycles. The average Bonchev–Trinajstić information content (AvgIpc) is 2.42. The summed E-state index contributed by atoms with van der Waals surface area (Å²) in [5, 5.41) is 2.98. The number of rotatable bonds is 3. The Balaban J connectivity index is 2.17. The van der Waals surface area contributed by atoms with E-state index in [1.54, 1.807) is 6.07 Å². The van der Waals surface area contributed by atoms with Gasteiger partial charge in [0.1, 0.15) is 11.6 Å². The van der Waals surface area contributed by atoms with Crippen molar-refractivity contribution in [2.24, 2.45) is 0 Å². The van der Waals surface area contributed by atoms with Gasteiger partial charge in [0.05, 0.1) is 25.2 Å². The van der Waals surface area contributed by atoms with Crippen molar-refractivity contribution >= 4 is 40.1 Å². The van der Waals surface area contributed by atoms with Crippen LogP contribution in [0, 0.1) is 9.39 Å². The number of aromatic nitrogens is 2. The van der Waals surface area contributed by atoms with Gasteiger partial charge in [0.25, 0.3) is 0 Å². The summed E-state index contributed by atoms with van der Waals surface area (Å²) in [5.74, 6) is -0.394. The predicted molar refractivity (Wildman–Crippen MR) is 75.8 cm³/mol. The molecule has 5 nitrogen and oxygen atoms in total. The number of halogens is 2. The zero-order valence-electron chi connectivity index (χ0n) is 9.85. The Morgan fingerprint density at radius 1 is 1.37 bits per heavy atom. The topological polar surface area (TPSA) is 64.1 Å². The summed E-state index contributed by atoms with van der Waals surface area (Å²) in [6.07, 6.45) is 2.72. The molecule has 0 aliphatic heterocycles. The van der Waals surface area contributed by atoms with Crippen LogP contribution in [0.5, 0.6) is 0 Å². The highest BCUT2D eigenvalue weighted by molar-refractivity contribution is 14.1. The normalized spacial score (nSPS) is 10.1. The Bertz CT molecular complexity index is 604. The molecule has 19 heavy (non-hydrogen) atoms. The lowest BCUT2D eigenvalue weighted by Gasteiger charge is -2.07. The third-order valence-electron chi connectivity index (χ3n) is 2.24. The van der Waals surface area contributed by atoms with Gasteiger partial charge < -0.3 is 10.1 Å². The molecule has 0 amide bonds. The summed E-state index contributed by atoms with van der Waals surface area (Å²) in [5.41, 5.74) is 0.837. The molecule has 1 aromatic carbocycles. The van der Waals surface area contributed by atoms with Crippen molar-refractivity contribution in [3.05, 3.63) is 45.7 Å².